The molecule has 0 amide bonds. The standard InChI is InChI=1S/C31H35OSi2.2ClH.Zr/c1-7-22-16-17-26-24-13-9-8-12-23(24)20-28(26)31(22)29-21-30(27-15-11-10-14-25(27)29)34(5,6)19-18-32-33(2,3)4;;;/h7-17,21,29H,18-19H2,1-6H3;2*1H;/q-1;;;+3/p-2. The summed E-state index contributed by atoms with van der Waals surface area (Å²) in [5, 5.41) is 6.73. The maximum absolute atomic E-state index is 6.29. The molecule has 0 fully saturated rings. The maximum Gasteiger partial charge on any atom is 3.00 e. The van der Waals surface area contributed by atoms with Gasteiger partial charge in [-0.2, -0.15) is 0 Å². The van der Waals surface area contributed by atoms with Crippen LogP contribution in [0.1, 0.15) is 35.1 Å². The Bertz CT molecular complexity index is 1520. The minimum atomic E-state index is -1.68. The normalized spacial score (nSPS) is 15.8. The van der Waals surface area contributed by atoms with Crippen molar-refractivity contribution >= 4 is 33.7 Å². The van der Waals surface area contributed by atoms with Crippen LogP contribution < -0.4 is 35.3 Å². The van der Waals surface area contributed by atoms with Gasteiger partial charge in [0, 0.05) is 12.5 Å². The summed E-state index contributed by atoms with van der Waals surface area (Å²) in [6.45, 7) is 14.9. The Hall–Kier alpha value is -1.00. The number of rotatable bonds is 6. The summed E-state index contributed by atoms with van der Waals surface area (Å²) < 4.78 is 6.29. The number of hydrogen-bond acceptors (Lipinski definition) is 1. The fourth-order valence-electron chi connectivity index (χ4n) is 5.48. The molecule has 37 heavy (non-hydrogen) atoms. The van der Waals surface area contributed by atoms with Crippen molar-refractivity contribution in [2.45, 2.75) is 51.6 Å². The predicted octanol–water partition coefficient (Wildman–Crippen LogP) is 0.427. The summed E-state index contributed by atoms with van der Waals surface area (Å²) in [6, 6.07) is 23.5. The SMILES string of the molecule is CC=c1ccc2c(c1C1C=C([Si](C)(C)CCO[Si](C)(C)C)c3ccccc31)[C-]=c1ccccc1=2.[Cl-].[Cl-].[Zr+3]. The fourth-order valence-corrected chi connectivity index (χ4v) is 8.85. The molecule has 0 aromatic heterocycles. The number of halogens is 2. The van der Waals surface area contributed by atoms with Crippen molar-refractivity contribution in [3.8, 4) is 0 Å². The van der Waals surface area contributed by atoms with Crippen LogP contribution in [0.4, 0.5) is 0 Å². The van der Waals surface area contributed by atoms with Gasteiger partial charge in [-0.1, -0.05) is 95.8 Å². The first-order valence-corrected chi connectivity index (χ1v) is 19.1. The van der Waals surface area contributed by atoms with Crippen LogP contribution in [0.2, 0.25) is 38.8 Å². The first-order valence-electron chi connectivity index (χ1n) is 12.5. The van der Waals surface area contributed by atoms with Crippen molar-refractivity contribution in [2.75, 3.05) is 6.61 Å². The Labute approximate surface area is 255 Å². The molecule has 0 heterocycles. The molecule has 0 bridgehead atoms. The zero-order valence-corrected chi connectivity index (χ0v) is 28.6. The molecular formula is C31H35Cl2OSi2Zr. The van der Waals surface area contributed by atoms with E-state index in [4.69, 9.17) is 4.43 Å². The van der Waals surface area contributed by atoms with Gasteiger partial charge in [-0.3, -0.25) is 0 Å². The molecule has 0 aliphatic heterocycles. The van der Waals surface area contributed by atoms with Crippen LogP contribution in [-0.4, -0.2) is 23.0 Å². The summed E-state index contributed by atoms with van der Waals surface area (Å²) >= 11 is 0. The Kier molecular flexibility index (Phi) is 10.8. The van der Waals surface area contributed by atoms with Gasteiger partial charge in [-0.25, -0.2) is 0 Å². The number of fused-ring (bicyclic) bond motifs is 3. The van der Waals surface area contributed by atoms with Gasteiger partial charge in [0.05, 0.1) is 8.07 Å². The Morgan fingerprint density at radius 3 is 2.24 bits per heavy atom. The molecule has 5 rings (SSSR count). The van der Waals surface area contributed by atoms with Gasteiger partial charge in [0.2, 0.25) is 0 Å². The van der Waals surface area contributed by atoms with Crippen molar-refractivity contribution in [1.82, 2.24) is 0 Å². The van der Waals surface area contributed by atoms with Crippen LogP contribution in [0.3, 0.4) is 0 Å². The molecule has 1 unspecified atom stereocenters. The average molecular weight is 642 g/mol. The van der Waals surface area contributed by atoms with Gasteiger partial charge in [0.15, 0.2) is 8.32 Å². The smallest absolute Gasteiger partial charge is 1.00 e. The molecule has 3 aromatic rings. The summed E-state index contributed by atoms with van der Waals surface area (Å²) in [6.07, 6.45) is 8.64. The molecule has 6 heteroatoms. The van der Waals surface area contributed by atoms with Gasteiger partial charge < -0.3 is 29.2 Å². The van der Waals surface area contributed by atoms with Gasteiger partial charge in [0.25, 0.3) is 0 Å². The second kappa shape index (κ2) is 12.5. The number of allylic oxidation sites excluding steroid dienone is 1. The van der Waals surface area contributed by atoms with Gasteiger partial charge >= 0.3 is 26.2 Å². The van der Waals surface area contributed by atoms with Crippen molar-refractivity contribution in [3.63, 3.8) is 0 Å². The minimum Gasteiger partial charge on any atom is -1.00 e. The third-order valence-corrected chi connectivity index (χ3v) is 11.7. The Morgan fingerprint density at radius 1 is 0.865 bits per heavy atom. The van der Waals surface area contributed by atoms with Crippen molar-refractivity contribution in [1.29, 1.82) is 0 Å². The van der Waals surface area contributed by atoms with E-state index in [0.29, 0.717) is 0 Å². The largest absolute Gasteiger partial charge is 3.00 e. The fraction of sp³-hybridized carbons (Fsp3) is 0.290. The van der Waals surface area contributed by atoms with Crippen LogP contribution in [-0.2, 0) is 30.6 Å². The first kappa shape index (κ1) is 32.2. The second-order valence-electron chi connectivity index (χ2n) is 11.2. The summed E-state index contributed by atoms with van der Waals surface area (Å²) in [4.78, 5) is 0. The minimum absolute atomic E-state index is 0. The third-order valence-electron chi connectivity index (χ3n) is 7.29. The third kappa shape index (κ3) is 6.26. The zero-order chi connectivity index (χ0) is 24.1. The molecule has 0 N–H and O–H groups in total. The number of hydrogen-bond donors (Lipinski definition) is 0. The maximum atomic E-state index is 6.29. The molecule has 3 aromatic carbocycles. The molecule has 0 spiro atoms. The van der Waals surface area contributed by atoms with Crippen LogP contribution in [0.5, 0.6) is 0 Å². The molecule has 1 nitrogen and oxygen atoms in total. The van der Waals surface area contributed by atoms with E-state index in [1.807, 2.05) is 0 Å². The molecule has 2 aliphatic carbocycles. The van der Waals surface area contributed by atoms with Gasteiger partial charge in [-0.05, 0) is 43.7 Å². The van der Waals surface area contributed by atoms with Crippen LogP contribution in [0, 0.1) is 10.4 Å². The van der Waals surface area contributed by atoms with E-state index in [0.717, 1.165) is 12.7 Å². The summed E-state index contributed by atoms with van der Waals surface area (Å²) in [5.41, 5.74) is 5.57. The quantitative estimate of drug-likeness (QED) is 0.219. The summed E-state index contributed by atoms with van der Waals surface area (Å²) in [7, 11) is -3.18. The van der Waals surface area contributed by atoms with Crippen LogP contribution >= 0.6 is 0 Å². The first-order chi connectivity index (χ1) is 16.2. The van der Waals surface area contributed by atoms with Crippen LogP contribution in [0.15, 0.2) is 66.7 Å². The van der Waals surface area contributed by atoms with Gasteiger partial charge in [-0.15, -0.1) is 33.4 Å². The van der Waals surface area contributed by atoms with E-state index in [1.165, 1.54) is 43.1 Å². The van der Waals surface area contributed by atoms with E-state index >= 15 is 0 Å². The zero-order valence-electron chi connectivity index (χ0n) is 22.6. The summed E-state index contributed by atoms with van der Waals surface area (Å²) in [5.74, 6) is 0.263. The van der Waals surface area contributed by atoms with Crippen molar-refractivity contribution in [3.05, 3.63) is 110 Å². The molecule has 2 aliphatic rings. The van der Waals surface area contributed by atoms with E-state index in [-0.39, 0.29) is 56.9 Å². The Balaban J connectivity index is 0.00000160. The second-order valence-corrected chi connectivity index (χ2v) is 20.5. The molecule has 1 radical (unpaired) electrons. The van der Waals surface area contributed by atoms with E-state index < -0.39 is 16.4 Å². The Morgan fingerprint density at radius 2 is 1.54 bits per heavy atom. The average Bonchev–Trinajstić information content (AvgIpc) is 3.36. The topological polar surface area (TPSA) is 9.23 Å². The van der Waals surface area contributed by atoms with E-state index in [9.17, 15) is 0 Å². The predicted molar refractivity (Wildman–Crippen MR) is 150 cm³/mol. The van der Waals surface area contributed by atoms with Gasteiger partial charge in [0.1, 0.15) is 0 Å². The van der Waals surface area contributed by atoms with E-state index in [1.54, 1.807) is 5.20 Å². The molecule has 191 valence electrons. The van der Waals surface area contributed by atoms with Crippen LogP contribution in [0.25, 0.3) is 17.3 Å². The van der Waals surface area contributed by atoms with E-state index in [2.05, 4.69) is 119 Å². The molecule has 1 atom stereocenters. The van der Waals surface area contributed by atoms with Crippen molar-refractivity contribution < 1.29 is 55.4 Å². The van der Waals surface area contributed by atoms with Crippen molar-refractivity contribution in [2.24, 2.45) is 0 Å². The monoisotopic (exact) mass is 639 g/mol. The molecular weight excluding hydrogens is 607 g/mol. The molecule has 0 saturated carbocycles. The molecule has 0 saturated heterocycles. The number of benzene rings is 3.